The first-order chi connectivity index (χ1) is 10.9. The fraction of sp³-hybridized carbons (Fsp3) is 0.400. The minimum atomic E-state index is -0.303. The number of ether oxygens (including phenoxy) is 1. The van der Waals surface area contributed by atoms with E-state index in [1.165, 1.54) is 18.9 Å². The van der Waals surface area contributed by atoms with E-state index < -0.39 is 0 Å². The van der Waals surface area contributed by atoms with Crippen molar-refractivity contribution in [2.24, 2.45) is 0 Å². The summed E-state index contributed by atoms with van der Waals surface area (Å²) in [6.45, 7) is 2.05. The highest BCUT2D eigenvalue weighted by Crippen LogP contribution is 2.27. The van der Waals surface area contributed by atoms with Gasteiger partial charge in [-0.2, -0.15) is 0 Å². The van der Waals surface area contributed by atoms with Gasteiger partial charge < -0.3 is 4.74 Å². The van der Waals surface area contributed by atoms with Gasteiger partial charge in [-0.25, -0.2) is 0 Å². The predicted octanol–water partition coefficient (Wildman–Crippen LogP) is 2.81. The minimum Gasteiger partial charge on any atom is -0.468 e. The summed E-state index contributed by atoms with van der Waals surface area (Å²) in [5, 5.41) is 9.84. The summed E-state index contributed by atoms with van der Waals surface area (Å²) in [5.41, 5.74) is 0.899. The smallest absolute Gasteiger partial charge is 0.316 e. The van der Waals surface area contributed by atoms with Crippen molar-refractivity contribution in [3.8, 4) is 5.69 Å². The van der Waals surface area contributed by atoms with Crippen LogP contribution in [-0.4, -0.2) is 52.6 Å². The number of thioether (sulfide) groups is 1. The van der Waals surface area contributed by atoms with Crippen molar-refractivity contribution in [1.82, 2.24) is 19.7 Å². The number of halogens is 1. The van der Waals surface area contributed by atoms with Crippen LogP contribution < -0.4 is 0 Å². The first kappa shape index (κ1) is 17.8. The minimum absolute atomic E-state index is 0.0608. The monoisotopic (exact) mass is 354 g/mol. The number of benzene rings is 1. The van der Waals surface area contributed by atoms with Crippen molar-refractivity contribution in [3.05, 3.63) is 35.1 Å². The third kappa shape index (κ3) is 4.25. The molecular formula is C15H19ClN4O2S. The molecule has 1 unspecified atom stereocenters. The molecule has 0 bridgehead atoms. The molecule has 8 heteroatoms. The van der Waals surface area contributed by atoms with E-state index in [0.717, 1.165) is 11.5 Å². The Morgan fingerprint density at radius 3 is 2.57 bits per heavy atom. The molecule has 0 saturated carbocycles. The maximum absolute atomic E-state index is 11.4. The highest BCUT2D eigenvalue weighted by atomic mass is 35.5. The molecule has 0 aliphatic heterocycles. The lowest BCUT2D eigenvalue weighted by Crippen LogP contribution is -2.20. The average Bonchev–Trinajstić information content (AvgIpc) is 2.96. The van der Waals surface area contributed by atoms with Gasteiger partial charge in [0.1, 0.15) is 0 Å². The molecule has 1 atom stereocenters. The van der Waals surface area contributed by atoms with Gasteiger partial charge in [0.2, 0.25) is 0 Å². The molecule has 0 spiro atoms. The summed E-state index contributed by atoms with van der Waals surface area (Å²) >= 11 is 7.26. The number of nitrogens with zero attached hydrogens (tertiary/aromatic N) is 4. The molecular weight excluding hydrogens is 336 g/mol. The van der Waals surface area contributed by atoms with Crippen LogP contribution in [0.1, 0.15) is 18.8 Å². The highest BCUT2D eigenvalue weighted by Gasteiger charge is 2.21. The van der Waals surface area contributed by atoms with Crippen molar-refractivity contribution in [2.45, 2.75) is 18.1 Å². The maximum atomic E-state index is 11.4. The van der Waals surface area contributed by atoms with Crippen LogP contribution in [0.2, 0.25) is 5.02 Å². The van der Waals surface area contributed by atoms with Gasteiger partial charge in [-0.1, -0.05) is 23.4 Å². The number of carbonyl (C=O) groups is 1. The summed E-state index contributed by atoms with van der Waals surface area (Å²) in [7, 11) is 5.33. The van der Waals surface area contributed by atoms with E-state index >= 15 is 0 Å². The van der Waals surface area contributed by atoms with Crippen LogP contribution in [0.5, 0.6) is 0 Å². The van der Waals surface area contributed by atoms with Crippen molar-refractivity contribution >= 4 is 29.3 Å². The van der Waals surface area contributed by atoms with Gasteiger partial charge in [-0.3, -0.25) is 14.3 Å². The Morgan fingerprint density at radius 2 is 2.00 bits per heavy atom. The molecule has 0 aliphatic carbocycles. The zero-order valence-electron chi connectivity index (χ0n) is 13.5. The molecule has 0 saturated heterocycles. The number of rotatable bonds is 6. The zero-order chi connectivity index (χ0) is 17.0. The first-order valence-corrected chi connectivity index (χ1v) is 8.37. The molecule has 0 fully saturated rings. The average molecular weight is 355 g/mol. The van der Waals surface area contributed by atoms with Gasteiger partial charge in [0.25, 0.3) is 0 Å². The van der Waals surface area contributed by atoms with Gasteiger partial charge in [0.05, 0.1) is 18.9 Å². The summed E-state index contributed by atoms with van der Waals surface area (Å²) in [4.78, 5) is 13.4. The molecule has 1 aromatic heterocycles. The van der Waals surface area contributed by atoms with E-state index in [4.69, 9.17) is 11.6 Å². The number of hydrogen-bond acceptors (Lipinski definition) is 6. The largest absolute Gasteiger partial charge is 0.468 e. The normalized spacial score (nSPS) is 12.4. The van der Waals surface area contributed by atoms with Crippen LogP contribution in [0.4, 0.5) is 0 Å². The number of hydrogen-bond donors (Lipinski definition) is 0. The van der Waals surface area contributed by atoms with Crippen LogP contribution in [0.3, 0.4) is 0 Å². The van der Waals surface area contributed by atoms with E-state index in [9.17, 15) is 4.79 Å². The lowest BCUT2D eigenvalue weighted by Gasteiger charge is -2.20. The second-order valence-corrected chi connectivity index (χ2v) is 6.54. The fourth-order valence-electron chi connectivity index (χ4n) is 1.89. The highest BCUT2D eigenvalue weighted by molar-refractivity contribution is 7.99. The molecule has 2 rings (SSSR count). The van der Waals surface area contributed by atoms with Crippen LogP contribution in [-0.2, 0) is 9.53 Å². The summed E-state index contributed by atoms with van der Waals surface area (Å²) < 4.78 is 6.62. The van der Waals surface area contributed by atoms with Gasteiger partial charge >= 0.3 is 5.97 Å². The Balaban J connectivity index is 2.42. The van der Waals surface area contributed by atoms with E-state index in [0.29, 0.717) is 10.2 Å². The third-order valence-corrected chi connectivity index (χ3v) is 4.59. The van der Waals surface area contributed by atoms with E-state index in [1.54, 1.807) is 0 Å². The summed E-state index contributed by atoms with van der Waals surface area (Å²) in [6.07, 6.45) is 0. The van der Waals surface area contributed by atoms with Crippen LogP contribution in [0.15, 0.2) is 29.4 Å². The Kier molecular flexibility index (Phi) is 6.04. The Morgan fingerprint density at radius 1 is 1.35 bits per heavy atom. The Hall–Kier alpha value is -1.57. The van der Waals surface area contributed by atoms with Crippen molar-refractivity contribution in [1.29, 1.82) is 0 Å². The number of methoxy groups -OCH3 is 1. The molecule has 2 aromatic rings. The second kappa shape index (κ2) is 7.81. The lowest BCUT2D eigenvalue weighted by atomic mass is 10.2. The maximum Gasteiger partial charge on any atom is 0.316 e. The number of esters is 1. The van der Waals surface area contributed by atoms with Crippen molar-refractivity contribution < 1.29 is 9.53 Å². The summed E-state index contributed by atoms with van der Waals surface area (Å²) in [5.74, 6) is 0.672. The SMILES string of the molecule is COC(=O)CSc1nnc(C(C)N(C)C)n1-c1ccc(Cl)cc1. The topological polar surface area (TPSA) is 60.2 Å². The fourth-order valence-corrected chi connectivity index (χ4v) is 2.81. The van der Waals surface area contributed by atoms with Crippen LogP contribution in [0, 0.1) is 0 Å². The van der Waals surface area contributed by atoms with Crippen molar-refractivity contribution in [2.75, 3.05) is 27.0 Å². The molecule has 0 aliphatic rings. The summed E-state index contributed by atoms with van der Waals surface area (Å²) in [6, 6.07) is 7.50. The molecule has 1 heterocycles. The second-order valence-electron chi connectivity index (χ2n) is 5.16. The van der Waals surface area contributed by atoms with Gasteiger partial charge in [-0.15, -0.1) is 10.2 Å². The standard InChI is InChI=1S/C15H19ClN4O2S/c1-10(19(2)3)14-17-18-15(23-9-13(21)22-4)20(14)12-7-5-11(16)6-8-12/h5-8,10H,9H2,1-4H3. The van der Waals surface area contributed by atoms with Gasteiger partial charge in [0, 0.05) is 10.7 Å². The molecule has 0 N–H and O–H groups in total. The number of carbonyl (C=O) groups excluding carboxylic acids is 1. The third-order valence-electron chi connectivity index (χ3n) is 3.44. The molecule has 23 heavy (non-hydrogen) atoms. The quantitative estimate of drug-likeness (QED) is 0.587. The lowest BCUT2D eigenvalue weighted by molar-refractivity contribution is -0.137. The molecule has 0 amide bonds. The Labute approximate surface area is 144 Å². The zero-order valence-corrected chi connectivity index (χ0v) is 15.1. The molecule has 124 valence electrons. The van der Waals surface area contributed by atoms with Gasteiger partial charge in [0.15, 0.2) is 11.0 Å². The van der Waals surface area contributed by atoms with Gasteiger partial charge in [-0.05, 0) is 45.3 Å². The Bertz CT molecular complexity index is 673. The van der Waals surface area contributed by atoms with E-state index in [1.807, 2.05) is 54.8 Å². The van der Waals surface area contributed by atoms with Crippen molar-refractivity contribution in [3.63, 3.8) is 0 Å². The van der Waals surface area contributed by atoms with E-state index in [2.05, 4.69) is 14.9 Å². The number of aromatic nitrogens is 3. The van der Waals surface area contributed by atoms with E-state index in [-0.39, 0.29) is 17.8 Å². The molecule has 6 nitrogen and oxygen atoms in total. The van der Waals surface area contributed by atoms with Crippen LogP contribution in [0.25, 0.3) is 5.69 Å². The predicted molar refractivity (Wildman–Crippen MR) is 91.2 cm³/mol. The molecule has 0 radical (unpaired) electrons. The first-order valence-electron chi connectivity index (χ1n) is 7.01. The molecule has 1 aromatic carbocycles. The van der Waals surface area contributed by atoms with Crippen LogP contribution >= 0.6 is 23.4 Å².